The first-order chi connectivity index (χ1) is 25.4. The molecule has 4 aromatic rings. The van der Waals surface area contributed by atoms with Gasteiger partial charge in [0.2, 0.25) is 5.88 Å². The molecule has 0 radical (unpaired) electrons. The predicted molar refractivity (Wildman–Crippen MR) is 187 cm³/mol. The Balaban J connectivity index is 1.38. The number of alkyl halides is 4. The second-order valence-corrected chi connectivity index (χ2v) is 14.9. The highest BCUT2D eigenvalue weighted by molar-refractivity contribution is 5.97. The molecule has 288 valence electrons. The monoisotopic (exact) mass is 757 g/mol. The summed E-state index contributed by atoms with van der Waals surface area (Å²) in [5.41, 5.74) is -4.41. The van der Waals surface area contributed by atoms with E-state index < -0.39 is 69.6 Å². The van der Waals surface area contributed by atoms with Crippen molar-refractivity contribution in [3.8, 4) is 23.3 Å². The van der Waals surface area contributed by atoms with E-state index in [1.54, 1.807) is 37.8 Å². The average molecular weight is 758 g/mol. The highest BCUT2D eigenvalue weighted by Crippen LogP contribution is 2.45. The van der Waals surface area contributed by atoms with Gasteiger partial charge >= 0.3 is 18.3 Å². The van der Waals surface area contributed by atoms with E-state index in [1.165, 1.54) is 13.1 Å². The van der Waals surface area contributed by atoms with Crippen LogP contribution in [0, 0.1) is 19.7 Å². The Hall–Kier alpha value is -5.00. The van der Waals surface area contributed by atoms with Crippen molar-refractivity contribution in [2.75, 3.05) is 43.1 Å². The van der Waals surface area contributed by atoms with Gasteiger partial charge in [0.05, 0.1) is 23.8 Å². The molecule has 1 N–H and O–H groups in total. The molecule has 3 aliphatic heterocycles. The molecule has 7 heterocycles. The van der Waals surface area contributed by atoms with Crippen LogP contribution in [0.3, 0.4) is 0 Å². The average Bonchev–Trinajstić information content (AvgIpc) is 3.53. The zero-order valence-electron chi connectivity index (χ0n) is 30.6. The molecule has 0 aliphatic carbocycles. The van der Waals surface area contributed by atoms with Crippen LogP contribution in [0.4, 0.5) is 38.4 Å². The fraction of sp³-hybridized carbons (Fsp3) is 0.528. The summed E-state index contributed by atoms with van der Waals surface area (Å²) in [7, 11) is 0. The summed E-state index contributed by atoms with van der Waals surface area (Å²) in [5, 5.41) is 2.68. The minimum atomic E-state index is -4.95. The molecular weight excluding hydrogens is 717 g/mol. The number of anilines is 2. The number of aryl methyl sites for hydroxylation is 2. The fourth-order valence-electron chi connectivity index (χ4n) is 7.66. The number of carbonyl (C=O) groups excluding carboxylic acids is 1. The lowest BCUT2D eigenvalue weighted by molar-refractivity contribution is -0.138. The van der Waals surface area contributed by atoms with Gasteiger partial charge in [0.25, 0.3) is 0 Å². The van der Waals surface area contributed by atoms with E-state index >= 15 is 4.39 Å². The van der Waals surface area contributed by atoms with Crippen LogP contribution in [0.2, 0.25) is 0 Å². The van der Waals surface area contributed by atoms with Gasteiger partial charge in [0, 0.05) is 24.7 Å². The van der Waals surface area contributed by atoms with Crippen molar-refractivity contribution in [1.29, 1.82) is 0 Å². The maximum absolute atomic E-state index is 17.0. The Morgan fingerprint density at radius 2 is 1.89 bits per heavy atom. The molecule has 18 heteroatoms. The van der Waals surface area contributed by atoms with Crippen molar-refractivity contribution in [3.63, 3.8) is 0 Å². The summed E-state index contributed by atoms with van der Waals surface area (Å²) in [4.78, 5) is 42.3. The van der Waals surface area contributed by atoms with Crippen molar-refractivity contribution in [2.45, 2.75) is 90.3 Å². The van der Waals surface area contributed by atoms with Crippen LogP contribution in [0.15, 0.2) is 18.3 Å². The van der Waals surface area contributed by atoms with Gasteiger partial charge in [-0.3, -0.25) is 10.2 Å². The minimum Gasteiger partial charge on any atom is -0.475 e. The van der Waals surface area contributed by atoms with Gasteiger partial charge in [-0.2, -0.15) is 23.1 Å². The Morgan fingerprint density at radius 3 is 2.63 bits per heavy atom. The number of amides is 1. The SMILES string of the molecule is Cc1nc(C)c(C(F)(F)F)c(-c2nc3c4c(nc(OC[C@@]56CCCN5C[C@H](F)C6)nc4c2F)N([C@H](C)c2cccnc2NC(=O)OC(C)(C)C)CCO3)n1. The molecule has 2 saturated heterocycles. The third-order valence-electron chi connectivity index (χ3n) is 9.87. The Bertz CT molecular complexity index is 2110. The van der Waals surface area contributed by atoms with E-state index in [0.29, 0.717) is 18.5 Å². The molecular formula is C36H40F5N9O4. The van der Waals surface area contributed by atoms with E-state index in [2.05, 4.69) is 30.2 Å². The summed E-state index contributed by atoms with van der Waals surface area (Å²) in [5.74, 6) is -1.13. The maximum atomic E-state index is 17.0. The van der Waals surface area contributed by atoms with Gasteiger partial charge in [-0.1, -0.05) is 6.07 Å². The van der Waals surface area contributed by atoms with Crippen molar-refractivity contribution < 1.29 is 41.0 Å². The molecule has 3 aliphatic rings. The lowest BCUT2D eigenvalue weighted by Gasteiger charge is -2.32. The summed E-state index contributed by atoms with van der Waals surface area (Å²) in [6, 6.07) is 2.53. The van der Waals surface area contributed by atoms with Gasteiger partial charge in [0.1, 0.15) is 70.3 Å². The number of halogens is 5. The molecule has 13 nitrogen and oxygen atoms in total. The second kappa shape index (κ2) is 13.7. The van der Waals surface area contributed by atoms with Gasteiger partial charge in [-0.15, -0.1) is 0 Å². The first-order valence-corrected chi connectivity index (χ1v) is 17.6. The first-order valence-electron chi connectivity index (χ1n) is 17.6. The number of pyridine rings is 2. The van der Waals surface area contributed by atoms with Crippen molar-refractivity contribution in [1.82, 2.24) is 34.8 Å². The number of ether oxygens (including phenoxy) is 3. The van der Waals surface area contributed by atoms with Crippen LogP contribution in [0.1, 0.15) is 75.6 Å². The number of rotatable bonds is 7. The van der Waals surface area contributed by atoms with E-state index in [9.17, 15) is 22.4 Å². The largest absolute Gasteiger partial charge is 0.475 e. The van der Waals surface area contributed by atoms with Crippen molar-refractivity contribution >= 4 is 28.6 Å². The predicted octanol–water partition coefficient (Wildman–Crippen LogP) is 6.91. The Morgan fingerprint density at radius 1 is 1.11 bits per heavy atom. The van der Waals surface area contributed by atoms with Crippen LogP contribution >= 0.6 is 0 Å². The number of aromatic nitrogens is 6. The summed E-state index contributed by atoms with van der Waals surface area (Å²) in [6.45, 7) is 10.6. The van der Waals surface area contributed by atoms with E-state index in [-0.39, 0.29) is 67.5 Å². The number of nitrogens with zero attached hydrogens (tertiary/aromatic N) is 8. The molecule has 0 spiro atoms. The van der Waals surface area contributed by atoms with Crippen LogP contribution in [0.5, 0.6) is 11.9 Å². The van der Waals surface area contributed by atoms with Crippen molar-refractivity contribution in [3.05, 3.63) is 46.8 Å². The summed E-state index contributed by atoms with van der Waals surface area (Å²) >= 11 is 0. The van der Waals surface area contributed by atoms with Crippen LogP contribution in [0.25, 0.3) is 22.3 Å². The third kappa shape index (κ3) is 7.02. The van der Waals surface area contributed by atoms with Crippen molar-refractivity contribution in [2.24, 2.45) is 0 Å². The Kier molecular flexibility index (Phi) is 9.46. The van der Waals surface area contributed by atoms with Crippen LogP contribution in [-0.2, 0) is 10.9 Å². The van der Waals surface area contributed by atoms with E-state index in [1.807, 2.05) is 11.8 Å². The lowest BCUT2D eigenvalue weighted by Crippen LogP contribution is -2.43. The van der Waals surface area contributed by atoms with Gasteiger partial charge in [-0.25, -0.2) is 33.5 Å². The zero-order chi connectivity index (χ0) is 38.7. The maximum Gasteiger partial charge on any atom is 0.420 e. The smallest absolute Gasteiger partial charge is 0.420 e. The van der Waals surface area contributed by atoms with E-state index in [0.717, 1.165) is 13.3 Å². The highest BCUT2D eigenvalue weighted by Gasteiger charge is 2.49. The normalized spacial score (nSPS) is 20.7. The molecule has 1 amide bonds. The molecule has 0 aromatic carbocycles. The molecule has 2 fully saturated rings. The van der Waals surface area contributed by atoms with Gasteiger partial charge < -0.3 is 19.1 Å². The highest BCUT2D eigenvalue weighted by atomic mass is 19.4. The molecule has 4 aromatic heterocycles. The molecule has 0 bridgehead atoms. The quantitative estimate of drug-likeness (QED) is 0.196. The molecule has 0 saturated carbocycles. The standard InChI is InChI=1S/C36H40F5N9O4/c1-18-24(36(39,40)41)27(44-20(3)43-18)28-25(38)26-23-30(48-32(46-26)53-17-35-10-8-12-49(35)16-21(37)15-35)50(13-14-52-31(23)45-28)19(2)22-9-7-11-42-29(22)47-33(51)54-34(4,5)6/h7,9,11,19,21H,8,10,12-17H2,1-6H3,(H,42,47,51)/t19-,21-,35+/m1/s1. The molecule has 54 heavy (non-hydrogen) atoms. The molecule has 3 atom stereocenters. The Labute approximate surface area is 307 Å². The minimum absolute atomic E-state index is 0.00587. The summed E-state index contributed by atoms with van der Waals surface area (Å²) < 4.78 is 92.6. The second-order valence-electron chi connectivity index (χ2n) is 14.9. The number of fused-ring (bicyclic) bond motifs is 1. The van der Waals surface area contributed by atoms with E-state index in [4.69, 9.17) is 19.2 Å². The van der Waals surface area contributed by atoms with Gasteiger partial charge in [0.15, 0.2) is 5.82 Å². The number of carbonyl (C=O) groups is 1. The molecule has 0 unspecified atom stereocenters. The number of nitrogens with one attached hydrogen (secondary N) is 1. The molecule has 7 rings (SSSR count). The fourth-order valence-corrected chi connectivity index (χ4v) is 7.66. The first kappa shape index (κ1) is 37.3. The van der Waals surface area contributed by atoms with Gasteiger partial charge in [-0.05, 0) is 67.0 Å². The topological polar surface area (TPSA) is 141 Å². The third-order valence-corrected chi connectivity index (χ3v) is 9.87. The van der Waals surface area contributed by atoms with Crippen LogP contribution < -0.4 is 19.7 Å². The zero-order valence-corrected chi connectivity index (χ0v) is 30.6. The van der Waals surface area contributed by atoms with Crippen LogP contribution in [-0.4, -0.2) is 91.1 Å². The lowest BCUT2D eigenvalue weighted by atomic mass is 9.95. The summed E-state index contributed by atoms with van der Waals surface area (Å²) in [6.07, 6.45) is -3.43. The number of hydrogen-bond acceptors (Lipinski definition) is 12. The number of hydrogen-bond donors (Lipinski definition) is 1.